The molecule has 3 rings (SSSR count). The Morgan fingerprint density at radius 1 is 1.13 bits per heavy atom. The summed E-state index contributed by atoms with van der Waals surface area (Å²) in [6, 6.07) is 12.1. The van der Waals surface area contributed by atoms with Crippen LogP contribution in [0.3, 0.4) is 0 Å². The van der Waals surface area contributed by atoms with Gasteiger partial charge in [0.05, 0.1) is 13.7 Å². The van der Waals surface area contributed by atoms with Crippen LogP contribution < -0.4 is 16.8 Å². The minimum atomic E-state index is -0.794. The second-order valence-electron chi connectivity index (χ2n) is 7.11. The summed E-state index contributed by atoms with van der Waals surface area (Å²) in [5.41, 5.74) is 16.1. The molecule has 3 aromatic rings. The number of ether oxygens (including phenoxy) is 1. The van der Waals surface area contributed by atoms with Crippen molar-refractivity contribution in [1.82, 2.24) is 10.3 Å². The number of H-pyrrole nitrogens is 1. The maximum atomic E-state index is 11.7. The number of benzene rings is 2. The Hall–Kier alpha value is -3.69. The lowest BCUT2D eigenvalue weighted by Crippen LogP contribution is -2.41. The number of nitrogen functional groups attached to an aromatic ring is 2. The normalized spacial score (nSPS) is 11.9. The van der Waals surface area contributed by atoms with Gasteiger partial charge in [-0.3, -0.25) is 15.6 Å². The molecule has 162 valence electrons. The first kappa shape index (κ1) is 22.0. The summed E-state index contributed by atoms with van der Waals surface area (Å²) in [7, 11) is 1.28. The molecule has 0 saturated carbocycles. The van der Waals surface area contributed by atoms with Gasteiger partial charge < -0.3 is 31.6 Å². The van der Waals surface area contributed by atoms with Gasteiger partial charge in [-0.2, -0.15) is 0 Å². The molecule has 1 aromatic heterocycles. The fourth-order valence-electron chi connectivity index (χ4n) is 3.48. The summed E-state index contributed by atoms with van der Waals surface area (Å²) in [5.74, 6) is -0.542. The molecular formula is C22H26N6O3. The van der Waals surface area contributed by atoms with E-state index in [0.29, 0.717) is 24.1 Å². The van der Waals surface area contributed by atoms with Gasteiger partial charge in [-0.1, -0.05) is 36.4 Å². The Morgan fingerprint density at radius 3 is 2.35 bits per heavy atom. The first-order chi connectivity index (χ1) is 14.8. The lowest BCUT2D eigenvalue weighted by Gasteiger charge is -2.14. The number of nitrogens with two attached hydrogens (primary N) is 2. The van der Waals surface area contributed by atoms with Crippen LogP contribution in [0.2, 0.25) is 0 Å². The minimum Gasteiger partial charge on any atom is -0.468 e. The Labute approximate surface area is 179 Å². The average Bonchev–Trinajstić information content (AvgIpc) is 3.14. The van der Waals surface area contributed by atoms with E-state index in [2.05, 4.69) is 10.3 Å². The zero-order valence-electron chi connectivity index (χ0n) is 17.2. The van der Waals surface area contributed by atoms with Crippen LogP contribution in [-0.4, -0.2) is 54.0 Å². The van der Waals surface area contributed by atoms with Crippen LogP contribution in [-0.2, 0) is 16.0 Å². The number of esters is 1. The maximum Gasteiger partial charge on any atom is 0.325 e. The number of aromatic nitrogens is 1. The van der Waals surface area contributed by atoms with Gasteiger partial charge in [0.25, 0.3) is 0 Å². The van der Waals surface area contributed by atoms with Gasteiger partial charge in [-0.05, 0) is 23.6 Å². The standard InChI is InChI=1S/C22H26N6O3/c1-31-22(30)18(11-29)27-9-8-16-15-7-6-14(21(25)26)10-17(15)28-19(16)12-2-4-13(5-3-12)20(23)24/h2-7,10,18,27-29H,8-9,11H2,1H3,(H3,23,24)(H3,25,26). The van der Waals surface area contributed by atoms with Gasteiger partial charge in [0.2, 0.25) is 0 Å². The van der Waals surface area contributed by atoms with Gasteiger partial charge in [0, 0.05) is 34.3 Å². The lowest BCUT2D eigenvalue weighted by atomic mass is 10.0. The number of amidine groups is 2. The summed E-state index contributed by atoms with van der Waals surface area (Å²) >= 11 is 0. The number of methoxy groups -OCH3 is 1. The van der Waals surface area contributed by atoms with Gasteiger partial charge in [0.1, 0.15) is 17.7 Å². The molecule has 0 fully saturated rings. The molecule has 2 aromatic carbocycles. The molecule has 9 heteroatoms. The molecule has 9 nitrogen and oxygen atoms in total. The number of aliphatic hydroxyl groups is 1. The molecule has 1 atom stereocenters. The second kappa shape index (κ2) is 9.41. The van der Waals surface area contributed by atoms with Crippen molar-refractivity contribution in [3.05, 3.63) is 59.2 Å². The van der Waals surface area contributed by atoms with E-state index in [4.69, 9.17) is 27.0 Å². The molecule has 31 heavy (non-hydrogen) atoms. The molecule has 0 spiro atoms. The van der Waals surface area contributed by atoms with Crippen molar-refractivity contribution in [1.29, 1.82) is 10.8 Å². The fraction of sp³-hybridized carbons (Fsp3) is 0.227. The number of fused-ring (bicyclic) bond motifs is 1. The van der Waals surface area contributed by atoms with E-state index < -0.39 is 12.0 Å². The molecule has 0 aliphatic rings. The SMILES string of the molecule is COC(=O)C(CO)NCCc1c(-c2ccc(C(=N)N)cc2)[nH]c2cc(C(=N)N)ccc12. The third-order valence-electron chi connectivity index (χ3n) is 5.14. The number of aliphatic hydroxyl groups excluding tert-OH is 1. The maximum absolute atomic E-state index is 11.7. The van der Waals surface area contributed by atoms with E-state index in [1.54, 1.807) is 18.2 Å². The Kier molecular flexibility index (Phi) is 6.68. The highest BCUT2D eigenvalue weighted by atomic mass is 16.5. The summed E-state index contributed by atoms with van der Waals surface area (Å²) in [6.07, 6.45) is 0.566. The predicted octanol–water partition coefficient (Wildman–Crippen LogP) is 1.07. The molecule has 0 saturated heterocycles. The van der Waals surface area contributed by atoms with Crippen LogP contribution in [0, 0.1) is 10.8 Å². The highest BCUT2D eigenvalue weighted by Crippen LogP contribution is 2.31. The quantitative estimate of drug-likeness (QED) is 0.154. The summed E-state index contributed by atoms with van der Waals surface area (Å²) in [6.45, 7) is 0.0716. The van der Waals surface area contributed by atoms with Crippen molar-refractivity contribution in [2.45, 2.75) is 12.5 Å². The smallest absolute Gasteiger partial charge is 0.325 e. The van der Waals surface area contributed by atoms with Crippen molar-refractivity contribution in [2.75, 3.05) is 20.3 Å². The number of hydrogen-bond acceptors (Lipinski definition) is 6. The topological polar surface area (TPSA) is 174 Å². The lowest BCUT2D eigenvalue weighted by molar-refractivity contribution is -0.144. The van der Waals surface area contributed by atoms with Crippen molar-refractivity contribution in [3.63, 3.8) is 0 Å². The predicted molar refractivity (Wildman–Crippen MR) is 120 cm³/mol. The highest BCUT2D eigenvalue weighted by Gasteiger charge is 2.19. The van der Waals surface area contributed by atoms with Crippen LogP contribution in [0.15, 0.2) is 42.5 Å². The van der Waals surface area contributed by atoms with Crippen molar-refractivity contribution in [3.8, 4) is 11.3 Å². The third-order valence-corrected chi connectivity index (χ3v) is 5.14. The monoisotopic (exact) mass is 422 g/mol. The molecule has 0 amide bonds. The Morgan fingerprint density at radius 2 is 1.77 bits per heavy atom. The van der Waals surface area contributed by atoms with E-state index in [0.717, 1.165) is 27.7 Å². The van der Waals surface area contributed by atoms with E-state index >= 15 is 0 Å². The average molecular weight is 422 g/mol. The molecule has 0 aliphatic heterocycles. The molecule has 0 aliphatic carbocycles. The molecule has 9 N–H and O–H groups in total. The summed E-state index contributed by atoms with van der Waals surface area (Å²) in [4.78, 5) is 15.1. The second-order valence-corrected chi connectivity index (χ2v) is 7.11. The highest BCUT2D eigenvalue weighted by molar-refractivity contribution is 6.01. The van der Waals surface area contributed by atoms with E-state index in [-0.39, 0.29) is 18.3 Å². The molecule has 0 radical (unpaired) electrons. The first-order valence-electron chi connectivity index (χ1n) is 9.71. The number of rotatable bonds is 9. The molecule has 0 bridgehead atoms. The summed E-state index contributed by atoms with van der Waals surface area (Å²) in [5, 5.41) is 28.7. The molecule has 1 heterocycles. The van der Waals surface area contributed by atoms with Gasteiger partial charge >= 0.3 is 5.97 Å². The van der Waals surface area contributed by atoms with Gasteiger partial charge in [0.15, 0.2) is 0 Å². The zero-order chi connectivity index (χ0) is 22.5. The number of aromatic amines is 1. The fourth-order valence-corrected chi connectivity index (χ4v) is 3.48. The van der Waals surface area contributed by atoms with Crippen molar-refractivity contribution in [2.24, 2.45) is 11.5 Å². The largest absolute Gasteiger partial charge is 0.468 e. The number of carbonyl (C=O) groups excluding carboxylic acids is 1. The van der Waals surface area contributed by atoms with Crippen LogP contribution >= 0.6 is 0 Å². The van der Waals surface area contributed by atoms with Crippen LogP contribution in [0.4, 0.5) is 0 Å². The van der Waals surface area contributed by atoms with Crippen LogP contribution in [0.25, 0.3) is 22.2 Å². The molecular weight excluding hydrogens is 396 g/mol. The van der Waals surface area contributed by atoms with E-state index in [9.17, 15) is 9.90 Å². The Bertz CT molecular complexity index is 1120. The van der Waals surface area contributed by atoms with Gasteiger partial charge in [-0.25, -0.2) is 0 Å². The third kappa shape index (κ3) is 4.73. The number of nitrogens with one attached hydrogen (secondary N) is 4. The van der Waals surface area contributed by atoms with E-state index in [1.807, 2.05) is 24.3 Å². The summed E-state index contributed by atoms with van der Waals surface area (Å²) < 4.78 is 4.69. The van der Waals surface area contributed by atoms with Crippen molar-refractivity contribution >= 4 is 28.5 Å². The van der Waals surface area contributed by atoms with Crippen LogP contribution in [0.5, 0.6) is 0 Å². The number of carbonyl (C=O) groups is 1. The zero-order valence-corrected chi connectivity index (χ0v) is 17.2. The van der Waals surface area contributed by atoms with Crippen molar-refractivity contribution < 1.29 is 14.6 Å². The van der Waals surface area contributed by atoms with Gasteiger partial charge in [-0.15, -0.1) is 0 Å². The van der Waals surface area contributed by atoms with Crippen LogP contribution in [0.1, 0.15) is 16.7 Å². The van der Waals surface area contributed by atoms with E-state index in [1.165, 1.54) is 7.11 Å². The minimum absolute atomic E-state index is 0.00317. The molecule has 1 unspecified atom stereocenters. The first-order valence-corrected chi connectivity index (χ1v) is 9.71. The Balaban J connectivity index is 1.98. The number of hydrogen-bond donors (Lipinski definition) is 7.